The first-order chi connectivity index (χ1) is 5.81. The Kier molecular flexibility index (Phi) is 9.41. The fourth-order valence-electron chi connectivity index (χ4n) is 0.969. The van der Waals surface area contributed by atoms with Crippen LogP contribution in [-0.2, 0) is 0 Å². The minimum Gasteiger partial charge on any atom is -0.317 e. The summed E-state index contributed by atoms with van der Waals surface area (Å²) >= 11 is 5.64. The zero-order valence-electron chi connectivity index (χ0n) is 7.78. The van der Waals surface area contributed by atoms with E-state index in [4.69, 9.17) is 11.6 Å². The van der Waals surface area contributed by atoms with Crippen molar-refractivity contribution in [2.75, 3.05) is 25.6 Å². The lowest BCUT2D eigenvalue weighted by Crippen LogP contribution is -2.17. The summed E-state index contributed by atoms with van der Waals surface area (Å²) in [7, 11) is 0. The zero-order chi connectivity index (χ0) is 9.23. The van der Waals surface area contributed by atoms with Gasteiger partial charge in [0, 0.05) is 5.88 Å². The molecule has 0 fully saturated rings. The van der Waals surface area contributed by atoms with Gasteiger partial charge in [0.15, 0.2) is 0 Å². The van der Waals surface area contributed by atoms with Crippen LogP contribution in [0.1, 0.15) is 26.2 Å². The van der Waals surface area contributed by atoms with Crippen LogP contribution in [0.4, 0.5) is 4.39 Å². The predicted molar refractivity (Wildman–Crippen MR) is 52.6 cm³/mol. The van der Waals surface area contributed by atoms with Gasteiger partial charge in [-0.1, -0.05) is 6.92 Å². The fraction of sp³-hybridized carbons (Fsp3) is 1.00. The Balaban J connectivity index is 2.90. The summed E-state index contributed by atoms with van der Waals surface area (Å²) < 4.78 is 11.6. The molecule has 1 unspecified atom stereocenters. The minimum atomic E-state index is -0.217. The van der Waals surface area contributed by atoms with Crippen LogP contribution in [0.2, 0.25) is 0 Å². The minimum absolute atomic E-state index is 0.217. The molecule has 1 nitrogen and oxygen atoms in total. The average molecular weight is 196 g/mol. The van der Waals surface area contributed by atoms with Crippen LogP contribution in [0.15, 0.2) is 0 Å². The Hall–Kier alpha value is 0.180. The second kappa shape index (κ2) is 9.27. The molecule has 0 aromatic rings. The largest absolute Gasteiger partial charge is 0.317 e. The van der Waals surface area contributed by atoms with E-state index in [0.717, 1.165) is 31.8 Å². The van der Waals surface area contributed by atoms with Gasteiger partial charge in [-0.2, -0.15) is 0 Å². The molecule has 0 spiro atoms. The molecule has 0 aromatic carbocycles. The highest BCUT2D eigenvalue weighted by atomic mass is 35.5. The molecule has 0 amide bonds. The van der Waals surface area contributed by atoms with Crippen LogP contribution in [0, 0.1) is 5.92 Å². The molecule has 12 heavy (non-hydrogen) atoms. The Morgan fingerprint density at radius 1 is 1.33 bits per heavy atom. The molecule has 0 aromatic heterocycles. The zero-order valence-corrected chi connectivity index (χ0v) is 8.54. The Morgan fingerprint density at radius 2 is 2.00 bits per heavy atom. The van der Waals surface area contributed by atoms with Crippen LogP contribution in [0.25, 0.3) is 0 Å². The average Bonchev–Trinajstić information content (AvgIpc) is 2.10. The maximum absolute atomic E-state index is 11.6. The number of alkyl halides is 2. The summed E-state index contributed by atoms with van der Waals surface area (Å²) in [5.74, 6) is 1.35. The van der Waals surface area contributed by atoms with E-state index in [2.05, 4.69) is 12.2 Å². The first-order valence-corrected chi connectivity index (χ1v) is 5.17. The van der Waals surface area contributed by atoms with Gasteiger partial charge in [-0.25, -0.2) is 0 Å². The molecule has 0 aliphatic heterocycles. The van der Waals surface area contributed by atoms with E-state index in [9.17, 15) is 4.39 Å². The number of hydrogen-bond donors (Lipinski definition) is 1. The monoisotopic (exact) mass is 195 g/mol. The molecule has 1 atom stereocenters. The lowest BCUT2D eigenvalue weighted by atomic mass is 10.1. The quantitative estimate of drug-likeness (QED) is 0.464. The van der Waals surface area contributed by atoms with E-state index in [1.807, 2.05) is 0 Å². The molecule has 3 heteroatoms. The van der Waals surface area contributed by atoms with Crippen molar-refractivity contribution in [2.45, 2.75) is 26.2 Å². The van der Waals surface area contributed by atoms with Gasteiger partial charge in [-0.15, -0.1) is 11.6 Å². The van der Waals surface area contributed by atoms with Crippen molar-refractivity contribution in [1.82, 2.24) is 5.32 Å². The Morgan fingerprint density at radius 3 is 2.58 bits per heavy atom. The highest BCUT2D eigenvalue weighted by molar-refractivity contribution is 6.18. The smallest absolute Gasteiger partial charge is 0.0906 e. The molecule has 0 bridgehead atoms. The van der Waals surface area contributed by atoms with Crippen molar-refractivity contribution >= 4 is 11.6 Å². The summed E-state index contributed by atoms with van der Waals surface area (Å²) in [6.07, 6.45) is 2.93. The van der Waals surface area contributed by atoms with Gasteiger partial charge < -0.3 is 5.32 Å². The van der Waals surface area contributed by atoms with Crippen LogP contribution >= 0.6 is 11.6 Å². The van der Waals surface area contributed by atoms with E-state index in [0.29, 0.717) is 12.3 Å². The molecule has 0 aliphatic rings. The molecule has 0 aliphatic carbocycles. The Labute approximate surface area is 79.7 Å². The molecular weight excluding hydrogens is 177 g/mol. The molecule has 0 saturated heterocycles. The Bertz CT molecular complexity index is 90.6. The number of halogens is 2. The first kappa shape index (κ1) is 12.2. The summed E-state index contributed by atoms with van der Waals surface area (Å²) in [6, 6.07) is 0. The highest BCUT2D eigenvalue weighted by Gasteiger charge is 1.98. The van der Waals surface area contributed by atoms with Gasteiger partial charge in [-0.3, -0.25) is 4.39 Å². The molecule has 0 saturated carbocycles. The summed E-state index contributed by atoms with van der Waals surface area (Å²) in [5.41, 5.74) is 0. The lowest BCUT2D eigenvalue weighted by molar-refractivity contribution is 0.453. The normalized spacial score (nSPS) is 13.2. The standard InChI is InChI=1S/C9H19ClFN/c1-9(8-10)4-2-6-12-7-3-5-11/h9,12H,2-8H2,1H3. The van der Waals surface area contributed by atoms with Crippen molar-refractivity contribution in [2.24, 2.45) is 5.92 Å². The van der Waals surface area contributed by atoms with Crippen LogP contribution in [-0.4, -0.2) is 25.6 Å². The van der Waals surface area contributed by atoms with Crippen molar-refractivity contribution in [3.8, 4) is 0 Å². The molecule has 1 N–H and O–H groups in total. The third-order valence-corrected chi connectivity index (χ3v) is 2.33. The van der Waals surface area contributed by atoms with Crippen molar-refractivity contribution in [1.29, 1.82) is 0 Å². The van der Waals surface area contributed by atoms with Gasteiger partial charge >= 0.3 is 0 Å². The topological polar surface area (TPSA) is 12.0 Å². The van der Waals surface area contributed by atoms with Crippen LogP contribution < -0.4 is 5.32 Å². The van der Waals surface area contributed by atoms with Crippen LogP contribution in [0.3, 0.4) is 0 Å². The molecule has 0 rings (SSSR count). The van der Waals surface area contributed by atoms with Crippen LogP contribution in [0.5, 0.6) is 0 Å². The number of hydrogen-bond acceptors (Lipinski definition) is 1. The van der Waals surface area contributed by atoms with E-state index in [1.165, 1.54) is 0 Å². The first-order valence-electron chi connectivity index (χ1n) is 4.64. The lowest BCUT2D eigenvalue weighted by Gasteiger charge is -2.07. The highest BCUT2D eigenvalue weighted by Crippen LogP contribution is 2.05. The summed E-state index contributed by atoms with van der Waals surface area (Å²) in [5, 5.41) is 3.18. The van der Waals surface area contributed by atoms with Gasteiger partial charge in [-0.05, 0) is 38.3 Å². The van der Waals surface area contributed by atoms with Gasteiger partial charge in [0.2, 0.25) is 0 Å². The van der Waals surface area contributed by atoms with Crippen molar-refractivity contribution in [3.63, 3.8) is 0 Å². The summed E-state index contributed by atoms with van der Waals surface area (Å²) in [6.45, 7) is 3.71. The molecule has 0 radical (unpaired) electrons. The second-order valence-corrected chi connectivity index (χ2v) is 3.50. The third kappa shape index (κ3) is 8.28. The van der Waals surface area contributed by atoms with E-state index in [-0.39, 0.29) is 6.67 Å². The third-order valence-electron chi connectivity index (χ3n) is 1.80. The van der Waals surface area contributed by atoms with Crippen molar-refractivity contribution in [3.05, 3.63) is 0 Å². The molecule has 0 heterocycles. The molecule has 74 valence electrons. The predicted octanol–water partition coefficient (Wildman–Crippen LogP) is 2.59. The van der Waals surface area contributed by atoms with Gasteiger partial charge in [0.25, 0.3) is 0 Å². The van der Waals surface area contributed by atoms with E-state index in [1.54, 1.807) is 0 Å². The maximum atomic E-state index is 11.6. The summed E-state index contributed by atoms with van der Waals surface area (Å²) in [4.78, 5) is 0. The molecular formula is C9H19ClFN. The second-order valence-electron chi connectivity index (χ2n) is 3.19. The van der Waals surface area contributed by atoms with E-state index < -0.39 is 0 Å². The number of rotatable bonds is 8. The SMILES string of the molecule is CC(CCl)CCCNCCCF. The van der Waals surface area contributed by atoms with E-state index >= 15 is 0 Å². The maximum Gasteiger partial charge on any atom is 0.0906 e. The number of nitrogens with one attached hydrogen (secondary N) is 1. The van der Waals surface area contributed by atoms with Gasteiger partial charge in [0.1, 0.15) is 0 Å². The fourth-order valence-corrected chi connectivity index (χ4v) is 1.12. The van der Waals surface area contributed by atoms with Gasteiger partial charge in [0.05, 0.1) is 6.67 Å². The van der Waals surface area contributed by atoms with Crippen molar-refractivity contribution < 1.29 is 4.39 Å².